The Hall–Kier alpha value is -0.150. The van der Waals surface area contributed by atoms with Gasteiger partial charge in [0.2, 0.25) is 0 Å². The summed E-state index contributed by atoms with van der Waals surface area (Å²) in [5, 5.41) is 8.99. The van der Waals surface area contributed by atoms with E-state index in [0.29, 0.717) is 12.8 Å². The van der Waals surface area contributed by atoms with Crippen LogP contribution >= 0.6 is 15.9 Å². The minimum Gasteiger partial charge on any atom is -0.388 e. The highest BCUT2D eigenvalue weighted by molar-refractivity contribution is 9.11. The molecule has 0 aliphatic heterocycles. The average Bonchev–Trinajstić information content (AvgIpc) is 1.86. The number of Topliss-reactive ketones (excluding diaryl/α,β-unsaturated/α-hetero) is 1. The van der Waals surface area contributed by atoms with Gasteiger partial charge in [-0.15, -0.1) is 0 Å². The van der Waals surface area contributed by atoms with Gasteiger partial charge < -0.3 is 9.90 Å². The number of hydrogen-bond acceptors (Lipinski definition) is 2. The van der Waals surface area contributed by atoms with Crippen molar-refractivity contribution < 1.29 is 9.90 Å². The molecule has 0 aromatic carbocycles. The quantitative estimate of drug-likeness (QED) is 0.788. The summed E-state index contributed by atoms with van der Waals surface area (Å²) in [6.45, 7) is 3.23. The first-order valence-electron chi connectivity index (χ1n) is 3.57. The Morgan fingerprint density at radius 1 is 1.73 bits per heavy atom. The normalized spacial score (nSPS) is 14.7. The maximum absolute atomic E-state index is 10.5. The van der Waals surface area contributed by atoms with Crippen LogP contribution < -0.4 is 0 Å². The standard InChI is InChI=1S/C8H13BrO2/c1-6(10)4-3-5-8(9)7(2)11/h5,7,11H,3-4H2,1-2H3/b8-5-. The molecule has 11 heavy (non-hydrogen) atoms. The second-order valence-electron chi connectivity index (χ2n) is 2.51. The highest BCUT2D eigenvalue weighted by Gasteiger charge is 1.98. The lowest BCUT2D eigenvalue weighted by Crippen LogP contribution is -1.98. The molecule has 0 heterocycles. The SMILES string of the molecule is CC(=O)CC/C=C(\Br)C(C)O. The number of halogens is 1. The molecule has 0 aliphatic rings. The van der Waals surface area contributed by atoms with E-state index in [1.165, 1.54) is 0 Å². The second kappa shape index (κ2) is 5.49. The molecule has 0 bridgehead atoms. The van der Waals surface area contributed by atoms with Crippen LogP contribution in [0.1, 0.15) is 26.7 Å². The van der Waals surface area contributed by atoms with Gasteiger partial charge in [0.15, 0.2) is 0 Å². The topological polar surface area (TPSA) is 37.3 Å². The highest BCUT2D eigenvalue weighted by Crippen LogP contribution is 2.11. The number of carbonyl (C=O) groups excluding carboxylic acids is 1. The summed E-state index contributed by atoms with van der Waals surface area (Å²) in [6.07, 6.45) is 2.59. The van der Waals surface area contributed by atoms with Crippen molar-refractivity contribution in [2.75, 3.05) is 0 Å². The fourth-order valence-corrected chi connectivity index (χ4v) is 0.813. The van der Waals surface area contributed by atoms with Crippen LogP contribution in [0.25, 0.3) is 0 Å². The van der Waals surface area contributed by atoms with Crippen molar-refractivity contribution in [3.05, 3.63) is 10.6 Å². The van der Waals surface area contributed by atoms with E-state index < -0.39 is 6.10 Å². The lowest BCUT2D eigenvalue weighted by molar-refractivity contribution is -0.116. The van der Waals surface area contributed by atoms with Gasteiger partial charge in [-0.1, -0.05) is 22.0 Å². The zero-order chi connectivity index (χ0) is 8.85. The van der Waals surface area contributed by atoms with Crippen LogP contribution in [0, 0.1) is 0 Å². The molecule has 1 atom stereocenters. The summed E-state index contributed by atoms with van der Waals surface area (Å²) < 4.78 is 0.749. The molecule has 2 nitrogen and oxygen atoms in total. The first-order chi connectivity index (χ1) is 5.04. The van der Waals surface area contributed by atoms with E-state index in [1.807, 2.05) is 6.08 Å². The van der Waals surface area contributed by atoms with E-state index >= 15 is 0 Å². The lowest BCUT2D eigenvalue weighted by Gasteiger charge is -2.00. The van der Waals surface area contributed by atoms with Crippen molar-refractivity contribution in [2.24, 2.45) is 0 Å². The van der Waals surface area contributed by atoms with Gasteiger partial charge in [-0.3, -0.25) is 0 Å². The summed E-state index contributed by atoms with van der Waals surface area (Å²) in [6, 6.07) is 0. The smallest absolute Gasteiger partial charge is 0.130 e. The van der Waals surface area contributed by atoms with Crippen molar-refractivity contribution in [1.82, 2.24) is 0 Å². The summed E-state index contributed by atoms with van der Waals surface area (Å²) in [5.74, 6) is 0.173. The van der Waals surface area contributed by atoms with Gasteiger partial charge in [0.25, 0.3) is 0 Å². The molecule has 0 rings (SSSR count). The molecule has 3 heteroatoms. The fraction of sp³-hybridized carbons (Fsp3) is 0.625. The van der Waals surface area contributed by atoms with E-state index in [1.54, 1.807) is 13.8 Å². The Balaban J connectivity index is 3.65. The van der Waals surface area contributed by atoms with Gasteiger partial charge in [0.05, 0.1) is 6.10 Å². The number of allylic oxidation sites excluding steroid dienone is 1. The molecule has 1 N–H and O–H groups in total. The Labute approximate surface area is 75.4 Å². The molecule has 0 radical (unpaired) electrons. The van der Waals surface area contributed by atoms with Gasteiger partial charge in [-0.05, 0) is 20.3 Å². The van der Waals surface area contributed by atoms with E-state index in [4.69, 9.17) is 5.11 Å². The van der Waals surface area contributed by atoms with E-state index in [0.717, 1.165) is 4.48 Å². The Morgan fingerprint density at radius 3 is 2.64 bits per heavy atom. The third kappa shape index (κ3) is 6.26. The van der Waals surface area contributed by atoms with E-state index in [2.05, 4.69) is 15.9 Å². The van der Waals surface area contributed by atoms with Crippen molar-refractivity contribution in [1.29, 1.82) is 0 Å². The van der Waals surface area contributed by atoms with Crippen LogP contribution in [0.3, 0.4) is 0 Å². The molecule has 64 valence electrons. The number of aliphatic hydroxyl groups is 1. The molecular weight excluding hydrogens is 208 g/mol. The molecule has 0 aromatic rings. The molecule has 0 saturated heterocycles. The predicted molar refractivity (Wildman–Crippen MR) is 48.6 cm³/mol. The largest absolute Gasteiger partial charge is 0.388 e. The number of hydrogen-bond donors (Lipinski definition) is 1. The fourth-order valence-electron chi connectivity index (χ4n) is 0.584. The van der Waals surface area contributed by atoms with Crippen molar-refractivity contribution in [3.8, 4) is 0 Å². The molecule has 1 unspecified atom stereocenters. The van der Waals surface area contributed by atoms with Crippen molar-refractivity contribution in [3.63, 3.8) is 0 Å². The minimum absolute atomic E-state index is 0.173. The van der Waals surface area contributed by atoms with Crippen LogP contribution in [0.15, 0.2) is 10.6 Å². The molecule has 0 amide bonds. The van der Waals surface area contributed by atoms with Crippen LogP contribution in [0.5, 0.6) is 0 Å². The zero-order valence-corrected chi connectivity index (χ0v) is 8.39. The monoisotopic (exact) mass is 220 g/mol. The number of carbonyl (C=O) groups is 1. The maximum atomic E-state index is 10.5. The summed E-state index contributed by atoms with van der Waals surface area (Å²) in [4.78, 5) is 10.5. The zero-order valence-electron chi connectivity index (χ0n) is 6.80. The Bertz CT molecular complexity index is 161. The summed E-state index contributed by atoms with van der Waals surface area (Å²) in [5.41, 5.74) is 0. The first kappa shape index (κ1) is 10.8. The van der Waals surface area contributed by atoms with Gasteiger partial charge >= 0.3 is 0 Å². The summed E-state index contributed by atoms with van der Waals surface area (Å²) in [7, 11) is 0. The number of aliphatic hydroxyl groups excluding tert-OH is 1. The second-order valence-corrected chi connectivity index (χ2v) is 3.42. The van der Waals surface area contributed by atoms with Crippen LogP contribution in [0.4, 0.5) is 0 Å². The average molecular weight is 221 g/mol. The van der Waals surface area contributed by atoms with Crippen LogP contribution in [-0.4, -0.2) is 17.0 Å². The van der Waals surface area contributed by atoms with Crippen molar-refractivity contribution >= 4 is 21.7 Å². The molecular formula is C8H13BrO2. The number of ketones is 1. The van der Waals surface area contributed by atoms with Crippen LogP contribution in [-0.2, 0) is 4.79 Å². The van der Waals surface area contributed by atoms with E-state index in [-0.39, 0.29) is 5.78 Å². The van der Waals surface area contributed by atoms with Gasteiger partial charge in [0.1, 0.15) is 5.78 Å². The van der Waals surface area contributed by atoms with Gasteiger partial charge in [0, 0.05) is 10.9 Å². The molecule has 0 aliphatic carbocycles. The van der Waals surface area contributed by atoms with Crippen LogP contribution in [0.2, 0.25) is 0 Å². The summed E-state index contributed by atoms with van der Waals surface area (Å²) >= 11 is 3.19. The predicted octanol–water partition coefficient (Wildman–Crippen LogP) is 2.02. The highest BCUT2D eigenvalue weighted by atomic mass is 79.9. The Morgan fingerprint density at radius 2 is 2.27 bits per heavy atom. The van der Waals surface area contributed by atoms with Gasteiger partial charge in [-0.25, -0.2) is 0 Å². The third-order valence-corrected chi connectivity index (χ3v) is 2.22. The van der Waals surface area contributed by atoms with E-state index in [9.17, 15) is 4.79 Å². The minimum atomic E-state index is -0.470. The molecule has 0 saturated carbocycles. The lowest BCUT2D eigenvalue weighted by atomic mass is 10.2. The maximum Gasteiger partial charge on any atom is 0.130 e. The van der Waals surface area contributed by atoms with Gasteiger partial charge in [-0.2, -0.15) is 0 Å². The third-order valence-electron chi connectivity index (χ3n) is 1.23. The molecule has 0 aromatic heterocycles. The first-order valence-corrected chi connectivity index (χ1v) is 4.36. The van der Waals surface area contributed by atoms with Crippen molar-refractivity contribution in [2.45, 2.75) is 32.8 Å². The Kier molecular flexibility index (Phi) is 5.42. The number of rotatable bonds is 4. The molecule has 0 fully saturated rings. The molecule has 0 spiro atoms.